The summed E-state index contributed by atoms with van der Waals surface area (Å²) in [6, 6.07) is 14.4. The maximum Gasteiger partial charge on any atom is 0.130 e. The smallest absolute Gasteiger partial charge is 0.130 e. The molecule has 1 aliphatic rings. The van der Waals surface area contributed by atoms with Gasteiger partial charge in [-0.3, -0.25) is 4.98 Å². The second-order valence-electron chi connectivity index (χ2n) is 4.55. The normalized spacial score (nSPS) is 14.4. The molecule has 0 atom stereocenters. The number of rotatable bonds is 5. The Morgan fingerprint density at radius 1 is 1.11 bits per heavy atom. The minimum Gasteiger partial charge on any atom is -0.457 e. The number of aromatic nitrogens is 1. The first kappa shape index (κ1) is 11.2. The summed E-state index contributed by atoms with van der Waals surface area (Å²) in [5, 5.41) is 3.45. The molecule has 0 unspecified atom stereocenters. The fourth-order valence-corrected chi connectivity index (χ4v) is 1.78. The van der Waals surface area contributed by atoms with Crippen LogP contribution in [0.1, 0.15) is 18.5 Å². The lowest BCUT2D eigenvalue weighted by Gasteiger charge is -2.07. The molecule has 0 aliphatic heterocycles. The molecule has 1 heterocycles. The fraction of sp³-hybridized carbons (Fsp3) is 0.267. The number of hydrogen-bond donors (Lipinski definition) is 1. The van der Waals surface area contributed by atoms with E-state index < -0.39 is 0 Å². The fourth-order valence-electron chi connectivity index (χ4n) is 1.78. The number of pyridine rings is 1. The Kier molecular flexibility index (Phi) is 3.24. The van der Waals surface area contributed by atoms with Crippen molar-refractivity contribution in [1.29, 1.82) is 0 Å². The number of benzene rings is 1. The number of hydrogen-bond acceptors (Lipinski definition) is 3. The monoisotopic (exact) mass is 240 g/mol. The topological polar surface area (TPSA) is 34.1 Å². The largest absolute Gasteiger partial charge is 0.457 e. The van der Waals surface area contributed by atoms with E-state index in [0.717, 1.165) is 23.7 Å². The van der Waals surface area contributed by atoms with Crippen molar-refractivity contribution in [3.05, 3.63) is 54.4 Å². The van der Waals surface area contributed by atoms with Gasteiger partial charge in [0.2, 0.25) is 0 Å². The Bertz CT molecular complexity index is 509. The molecule has 0 radical (unpaired) electrons. The summed E-state index contributed by atoms with van der Waals surface area (Å²) in [7, 11) is 0. The molecule has 92 valence electrons. The second kappa shape index (κ2) is 5.19. The predicted octanol–water partition coefficient (Wildman–Crippen LogP) is 3.13. The van der Waals surface area contributed by atoms with Gasteiger partial charge < -0.3 is 10.1 Å². The van der Waals surface area contributed by atoms with Crippen LogP contribution in [0.25, 0.3) is 0 Å². The standard InChI is InChI=1S/C15H16N2O/c1-2-4-14(5-3-1)18-15-8-9-16-13(10-15)11-17-12-6-7-12/h1-5,8-10,12,17H,6-7,11H2. The average Bonchev–Trinajstić information content (AvgIpc) is 3.22. The summed E-state index contributed by atoms with van der Waals surface area (Å²) in [5.41, 5.74) is 1.02. The van der Waals surface area contributed by atoms with E-state index >= 15 is 0 Å². The lowest BCUT2D eigenvalue weighted by Crippen LogP contribution is -2.16. The minimum absolute atomic E-state index is 0.700. The highest BCUT2D eigenvalue weighted by Crippen LogP contribution is 2.22. The predicted molar refractivity (Wildman–Crippen MR) is 70.6 cm³/mol. The molecule has 3 rings (SSSR count). The third kappa shape index (κ3) is 3.08. The number of ether oxygens (including phenoxy) is 1. The average molecular weight is 240 g/mol. The molecule has 3 heteroatoms. The zero-order valence-electron chi connectivity index (χ0n) is 10.2. The van der Waals surface area contributed by atoms with E-state index in [9.17, 15) is 0 Å². The van der Waals surface area contributed by atoms with Gasteiger partial charge >= 0.3 is 0 Å². The zero-order valence-corrected chi connectivity index (χ0v) is 10.2. The van der Waals surface area contributed by atoms with Crippen molar-refractivity contribution >= 4 is 0 Å². The SMILES string of the molecule is c1ccc(Oc2ccnc(CNC3CC3)c2)cc1. The van der Waals surface area contributed by atoms with Crippen LogP contribution >= 0.6 is 0 Å². The van der Waals surface area contributed by atoms with Crippen LogP contribution in [0.5, 0.6) is 11.5 Å². The van der Waals surface area contributed by atoms with Gasteiger partial charge in [-0.1, -0.05) is 18.2 Å². The molecule has 0 bridgehead atoms. The third-order valence-electron chi connectivity index (χ3n) is 2.92. The highest BCUT2D eigenvalue weighted by Gasteiger charge is 2.20. The highest BCUT2D eigenvalue weighted by molar-refractivity contribution is 5.30. The van der Waals surface area contributed by atoms with Crippen LogP contribution in [0.4, 0.5) is 0 Å². The number of nitrogens with zero attached hydrogens (tertiary/aromatic N) is 1. The van der Waals surface area contributed by atoms with Crippen LogP contribution in [0.2, 0.25) is 0 Å². The molecule has 1 saturated carbocycles. The van der Waals surface area contributed by atoms with Crippen molar-refractivity contribution in [2.24, 2.45) is 0 Å². The number of para-hydroxylation sites is 1. The molecule has 0 saturated heterocycles. The van der Waals surface area contributed by atoms with Gasteiger partial charge in [-0.25, -0.2) is 0 Å². The third-order valence-corrected chi connectivity index (χ3v) is 2.92. The van der Waals surface area contributed by atoms with Gasteiger partial charge in [-0.2, -0.15) is 0 Å². The van der Waals surface area contributed by atoms with E-state index in [-0.39, 0.29) is 0 Å². The summed E-state index contributed by atoms with van der Waals surface area (Å²) in [5.74, 6) is 1.69. The maximum absolute atomic E-state index is 5.77. The molecule has 18 heavy (non-hydrogen) atoms. The van der Waals surface area contributed by atoms with Crippen LogP contribution in [0.15, 0.2) is 48.7 Å². The highest BCUT2D eigenvalue weighted by atomic mass is 16.5. The zero-order chi connectivity index (χ0) is 12.2. The molecule has 1 fully saturated rings. The lowest BCUT2D eigenvalue weighted by molar-refractivity contribution is 0.480. The van der Waals surface area contributed by atoms with E-state index in [0.29, 0.717) is 6.04 Å². The minimum atomic E-state index is 0.700. The first-order chi connectivity index (χ1) is 8.90. The van der Waals surface area contributed by atoms with E-state index in [2.05, 4.69) is 10.3 Å². The Labute approximate surface area is 107 Å². The van der Waals surface area contributed by atoms with Crippen molar-refractivity contribution in [2.75, 3.05) is 0 Å². The summed E-state index contributed by atoms with van der Waals surface area (Å²) in [6.45, 7) is 0.816. The van der Waals surface area contributed by atoms with Crippen molar-refractivity contribution in [3.63, 3.8) is 0 Å². The summed E-state index contributed by atoms with van der Waals surface area (Å²) < 4.78 is 5.77. The van der Waals surface area contributed by atoms with Crippen LogP contribution in [0.3, 0.4) is 0 Å². The van der Waals surface area contributed by atoms with Gasteiger partial charge in [-0.15, -0.1) is 0 Å². The first-order valence-electron chi connectivity index (χ1n) is 6.31. The lowest BCUT2D eigenvalue weighted by atomic mass is 10.3. The molecule has 3 nitrogen and oxygen atoms in total. The van der Waals surface area contributed by atoms with E-state index in [1.165, 1.54) is 12.8 Å². The van der Waals surface area contributed by atoms with Crippen LogP contribution < -0.4 is 10.1 Å². The Morgan fingerprint density at radius 3 is 2.72 bits per heavy atom. The molecule has 0 spiro atoms. The van der Waals surface area contributed by atoms with Gasteiger partial charge in [-0.05, 0) is 31.0 Å². The van der Waals surface area contributed by atoms with Crippen LogP contribution in [-0.4, -0.2) is 11.0 Å². The van der Waals surface area contributed by atoms with Crippen molar-refractivity contribution in [3.8, 4) is 11.5 Å². The Hall–Kier alpha value is -1.87. The van der Waals surface area contributed by atoms with E-state index in [1.54, 1.807) is 6.20 Å². The molecule has 0 amide bonds. The quantitative estimate of drug-likeness (QED) is 0.871. The first-order valence-corrected chi connectivity index (χ1v) is 6.31. The molecule has 1 N–H and O–H groups in total. The molecule has 1 aliphatic carbocycles. The summed E-state index contributed by atoms with van der Waals surface area (Å²) in [4.78, 5) is 4.34. The van der Waals surface area contributed by atoms with Gasteiger partial charge in [0.25, 0.3) is 0 Å². The summed E-state index contributed by atoms with van der Waals surface area (Å²) in [6.07, 6.45) is 4.38. The van der Waals surface area contributed by atoms with Gasteiger partial charge in [0.05, 0.1) is 5.69 Å². The van der Waals surface area contributed by atoms with Crippen LogP contribution in [0, 0.1) is 0 Å². The van der Waals surface area contributed by atoms with Crippen molar-refractivity contribution in [1.82, 2.24) is 10.3 Å². The van der Waals surface area contributed by atoms with E-state index in [4.69, 9.17) is 4.74 Å². The van der Waals surface area contributed by atoms with E-state index in [1.807, 2.05) is 42.5 Å². The van der Waals surface area contributed by atoms with Gasteiger partial charge in [0.1, 0.15) is 11.5 Å². The molecular weight excluding hydrogens is 224 g/mol. The maximum atomic E-state index is 5.77. The second-order valence-corrected chi connectivity index (χ2v) is 4.55. The van der Waals surface area contributed by atoms with Crippen molar-refractivity contribution < 1.29 is 4.74 Å². The Morgan fingerprint density at radius 2 is 1.94 bits per heavy atom. The van der Waals surface area contributed by atoms with Gasteiger partial charge in [0.15, 0.2) is 0 Å². The molecule has 1 aromatic carbocycles. The molecular formula is C15H16N2O. The number of nitrogens with one attached hydrogen (secondary N) is 1. The molecule has 1 aromatic heterocycles. The molecule has 2 aromatic rings. The summed E-state index contributed by atoms with van der Waals surface area (Å²) >= 11 is 0. The Balaban J connectivity index is 1.66. The van der Waals surface area contributed by atoms with Gasteiger partial charge in [0, 0.05) is 24.8 Å². The van der Waals surface area contributed by atoms with Crippen molar-refractivity contribution in [2.45, 2.75) is 25.4 Å². The van der Waals surface area contributed by atoms with Crippen LogP contribution in [-0.2, 0) is 6.54 Å².